The van der Waals surface area contributed by atoms with Crippen molar-refractivity contribution in [2.45, 2.75) is 25.7 Å². The van der Waals surface area contributed by atoms with Gasteiger partial charge in [0.2, 0.25) is 0 Å². The fourth-order valence-electron chi connectivity index (χ4n) is 1.70. The topological polar surface area (TPSA) is 98.4 Å². The number of aliphatic carboxylic acids is 1. The molecule has 0 amide bonds. The zero-order valence-corrected chi connectivity index (χ0v) is 10.9. The molecule has 0 aliphatic carbocycles. The number of rotatable bonds is 6. The first kappa shape index (κ1) is 14.9. The summed E-state index contributed by atoms with van der Waals surface area (Å²) in [5.74, 6) is -1.29. The molecule has 7 nitrogen and oxygen atoms in total. The van der Waals surface area contributed by atoms with Crippen molar-refractivity contribution in [3.05, 3.63) is 32.6 Å². The molecule has 1 heterocycles. The minimum atomic E-state index is -0.912. The first-order valence-corrected chi connectivity index (χ1v) is 5.86. The number of nitrogens with zero attached hydrogens (tertiary/aromatic N) is 2. The van der Waals surface area contributed by atoms with Crippen LogP contribution in [0.5, 0.6) is 0 Å². The van der Waals surface area contributed by atoms with Crippen molar-refractivity contribution in [2.24, 2.45) is 14.1 Å². The van der Waals surface area contributed by atoms with E-state index in [0.29, 0.717) is 12.8 Å². The molecule has 1 rings (SSSR count). The fraction of sp³-hybridized carbons (Fsp3) is 0.500. The van der Waals surface area contributed by atoms with Crippen molar-refractivity contribution in [3.8, 4) is 0 Å². The Balaban J connectivity index is 2.81. The monoisotopic (exact) mass is 268 g/mol. The molecule has 0 unspecified atom stereocenters. The van der Waals surface area contributed by atoms with Gasteiger partial charge in [0.1, 0.15) is 0 Å². The summed E-state index contributed by atoms with van der Waals surface area (Å²) in [4.78, 5) is 45.4. The van der Waals surface area contributed by atoms with Gasteiger partial charge < -0.3 is 9.67 Å². The number of carboxylic acid groups (broad SMARTS) is 1. The molecule has 19 heavy (non-hydrogen) atoms. The van der Waals surface area contributed by atoms with Gasteiger partial charge >= 0.3 is 11.7 Å². The van der Waals surface area contributed by atoms with Crippen LogP contribution in [0.25, 0.3) is 0 Å². The van der Waals surface area contributed by atoms with Gasteiger partial charge in [-0.3, -0.25) is 19.0 Å². The van der Waals surface area contributed by atoms with Gasteiger partial charge in [-0.25, -0.2) is 4.79 Å². The van der Waals surface area contributed by atoms with E-state index in [1.807, 2.05) is 0 Å². The Kier molecular flexibility index (Phi) is 4.80. The standard InChI is InChI=1S/C12H16N2O5/c1-13-7-8(11(18)14(2)12(13)19)9(15)5-3-4-6-10(16)17/h7H,3-6H2,1-2H3,(H,16,17). The SMILES string of the molecule is Cn1cc(C(=O)CCCCC(=O)O)c(=O)n(C)c1=O. The molecular formula is C12H16N2O5. The van der Waals surface area contributed by atoms with Crippen molar-refractivity contribution in [1.82, 2.24) is 9.13 Å². The van der Waals surface area contributed by atoms with Crippen LogP contribution in [0, 0.1) is 0 Å². The highest BCUT2D eigenvalue weighted by Crippen LogP contribution is 2.04. The summed E-state index contributed by atoms with van der Waals surface area (Å²) >= 11 is 0. The third-order valence-corrected chi connectivity index (χ3v) is 2.79. The van der Waals surface area contributed by atoms with Crippen LogP contribution in [0.1, 0.15) is 36.0 Å². The summed E-state index contributed by atoms with van der Waals surface area (Å²) in [6, 6.07) is 0. The molecule has 0 aliphatic heterocycles. The number of carboxylic acids is 1. The fourth-order valence-corrected chi connectivity index (χ4v) is 1.70. The minimum Gasteiger partial charge on any atom is -0.481 e. The highest BCUT2D eigenvalue weighted by Gasteiger charge is 2.14. The lowest BCUT2D eigenvalue weighted by molar-refractivity contribution is -0.137. The van der Waals surface area contributed by atoms with Crippen LogP contribution < -0.4 is 11.2 Å². The van der Waals surface area contributed by atoms with E-state index in [0.717, 1.165) is 4.57 Å². The number of carbonyl (C=O) groups excluding carboxylic acids is 1. The van der Waals surface area contributed by atoms with Gasteiger partial charge in [-0.15, -0.1) is 0 Å². The number of carbonyl (C=O) groups is 2. The third-order valence-electron chi connectivity index (χ3n) is 2.79. The van der Waals surface area contributed by atoms with E-state index in [1.54, 1.807) is 0 Å². The zero-order valence-electron chi connectivity index (χ0n) is 10.9. The molecule has 0 aromatic carbocycles. The van der Waals surface area contributed by atoms with Crippen LogP contribution in [-0.4, -0.2) is 26.0 Å². The Morgan fingerprint density at radius 1 is 1.16 bits per heavy atom. The molecule has 0 radical (unpaired) electrons. The van der Waals surface area contributed by atoms with Crippen molar-refractivity contribution in [2.75, 3.05) is 0 Å². The summed E-state index contributed by atoms with van der Waals surface area (Å²) in [6.07, 6.45) is 2.10. The number of hydrogen-bond acceptors (Lipinski definition) is 4. The Bertz CT molecular complexity index is 612. The molecular weight excluding hydrogens is 252 g/mol. The Hall–Kier alpha value is -2.18. The van der Waals surface area contributed by atoms with Gasteiger partial charge in [0.15, 0.2) is 5.78 Å². The molecule has 1 N–H and O–H groups in total. The predicted molar refractivity (Wildman–Crippen MR) is 67.4 cm³/mol. The molecule has 0 atom stereocenters. The van der Waals surface area contributed by atoms with Gasteiger partial charge in [-0.2, -0.15) is 0 Å². The lowest BCUT2D eigenvalue weighted by Gasteiger charge is -2.05. The lowest BCUT2D eigenvalue weighted by atomic mass is 10.1. The smallest absolute Gasteiger partial charge is 0.330 e. The maximum absolute atomic E-state index is 11.8. The van der Waals surface area contributed by atoms with Crippen LogP contribution >= 0.6 is 0 Å². The zero-order chi connectivity index (χ0) is 14.6. The highest BCUT2D eigenvalue weighted by atomic mass is 16.4. The maximum atomic E-state index is 11.8. The molecule has 104 valence electrons. The van der Waals surface area contributed by atoms with E-state index >= 15 is 0 Å². The number of unbranched alkanes of at least 4 members (excludes halogenated alkanes) is 1. The molecule has 1 aromatic heterocycles. The summed E-state index contributed by atoms with van der Waals surface area (Å²) in [7, 11) is 2.77. The molecule has 1 aromatic rings. The van der Waals surface area contributed by atoms with Gasteiger partial charge in [-0.1, -0.05) is 0 Å². The van der Waals surface area contributed by atoms with Crippen molar-refractivity contribution in [3.63, 3.8) is 0 Å². The summed E-state index contributed by atoms with van der Waals surface area (Å²) in [5, 5.41) is 8.47. The maximum Gasteiger partial charge on any atom is 0.330 e. The van der Waals surface area contributed by atoms with Gasteiger partial charge in [0.05, 0.1) is 5.56 Å². The average molecular weight is 268 g/mol. The van der Waals surface area contributed by atoms with E-state index in [4.69, 9.17) is 5.11 Å². The number of aromatic nitrogens is 2. The number of hydrogen-bond donors (Lipinski definition) is 1. The van der Waals surface area contributed by atoms with E-state index < -0.39 is 17.2 Å². The Morgan fingerprint density at radius 3 is 2.32 bits per heavy atom. The summed E-state index contributed by atoms with van der Waals surface area (Å²) < 4.78 is 2.05. The molecule has 0 saturated heterocycles. The van der Waals surface area contributed by atoms with Gasteiger partial charge in [0.25, 0.3) is 5.56 Å². The second-order valence-corrected chi connectivity index (χ2v) is 4.32. The molecule has 0 fully saturated rings. The van der Waals surface area contributed by atoms with Gasteiger partial charge in [-0.05, 0) is 12.8 Å². The van der Waals surface area contributed by atoms with Crippen molar-refractivity contribution >= 4 is 11.8 Å². The second-order valence-electron chi connectivity index (χ2n) is 4.32. The third kappa shape index (κ3) is 3.64. The van der Waals surface area contributed by atoms with Gasteiger partial charge in [0, 0.05) is 33.1 Å². The van der Waals surface area contributed by atoms with Crippen molar-refractivity contribution in [1.29, 1.82) is 0 Å². The summed E-state index contributed by atoms with van der Waals surface area (Å²) in [6.45, 7) is 0. The second kappa shape index (κ2) is 6.12. The number of ketones is 1. The van der Waals surface area contributed by atoms with Crippen LogP contribution in [0.4, 0.5) is 0 Å². The Morgan fingerprint density at radius 2 is 1.74 bits per heavy atom. The molecule has 0 bridgehead atoms. The number of Topliss-reactive ketones (excluding diaryl/α,β-unsaturated/α-hetero) is 1. The van der Waals surface area contributed by atoms with Crippen molar-refractivity contribution < 1.29 is 14.7 Å². The van der Waals surface area contributed by atoms with E-state index in [-0.39, 0.29) is 24.2 Å². The summed E-state index contributed by atoms with van der Waals surface area (Å²) in [5.41, 5.74) is -1.15. The largest absolute Gasteiger partial charge is 0.481 e. The first-order valence-electron chi connectivity index (χ1n) is 5.86. The van der Waals surface area contributed by atoms with E-state index in [1.165, 1.54) is 24.9 Å². The van der Waals surface area contributed by atoms with E-state index in [9.17, 15) is 19.2 Å². The molecule has 0 aliphatic rings. The first-order chi connectivity index (χ1) is 8.84. The highest BCUT2D eigenvalue weighted by molar-refractivity contribution is 5.95. The molecule has 7 heteroatoms. The van der Waals surface area contributed by atoms with Crippen LogP contribution in [-0.2, 0) is 18.9 Å². The van der Waals surface area contributed by atoms with Crippen LogP contribution in [0.15, 0.2) is 15.8 Å². The molecule has 0 saturated carbocycles. The lowest BCUT2D eigenvalue weighted by Crippen LogP contribution is -2.39. The van der Waals surface area contributed by atoms with Crippen LogP contribution in [0.3, 0.4) is 0 Å². The van der Waals surface area contributed by atoms with Crippen LogP contribution in [0.2, 0.25) is 0 Å². The quantitative estimate of drug-likeness (QED) is 0.574. The normalized spacial score (nSPS) is 10.4. The number of aryl methyl sites for hydroxylation is 1. The average Bonchev–Trinajstić information content (AvgIpc) is 2.36. The predicted octanol–water partition coefficient (Wildman–Crippen LogP) is -0.0883. The van der Waals surface area contributed by atoms with E-state index in [2.05, 4.69) is 0 Å². The molecule has 0 spiro atoms. The Labute approximate surface area is 109 Å². The minimum absolute atomic E-state index is 0.00142.